The normalized spacial score (nSPS) is 18.1. The van der Waals surface area contributed by atoms with E-state index in [-0.39, 0.29) is 21.8 Å². The summed E-state index contributed by atoms with van der Waals surface area (Å²) in [5.74, 6) is -0.370. The summed E-state index contributed by atoms with van der Waals surface area (Å²) in [4.78, 5) is 18.8. The predicted octanol–water partition coefficient (Wildman–Crippen LogP) is 5.02. The molecule has 1 fully saturated rings. The van der Waals surface area contributed by atoms with Gasteiger partial charge in [0.1, 0.15) is 10.8 Å². The second-order valence-corrected chi connectivity index (χ2v) is 7.23. The molecule has 1 saturated heterocycles. The highest BCUT2D eigenvalue weighted by Crippen LogP contribution is 2.21. The Morgan fingerprint density at radius 3 is 2.68 bits per heavy atom. The monoisotopic (exact) mass is 377 g/mol. The van der Waals surface area contributed by atoms with Gasteiger partial charge in [-0.25, -0.2) is 4.98 Å². The van der Waals surface area contributed by atoms with Gasteiger partial charge in [0.25, 0.3) is 5.91 Å². The molecule has 132 valence electrons. The second kappa shape index (κ2) is 8.17. The molecule has 1 aromatic heterocycles. The molecule has 1 aliphatic rings. The minimum Gasteiger partial charge on any atom is -0.321 e. The Kier molecular flexibility index (Phi) is 5.94. The van der Waals surface area contributed by atoms with Crippen LogP contribution in [0.3, 0.4) is 0 Å². The third-order valence-electron chi connectivity index (χ3n) is 4.57. The fraction of sp³-hybridized carbons (Fsp3) is 0.368. The second-order valence-electron chi connectivity index (χ2n) is 6.43. The maximum Gasteiger partial charge on any atom is 0.275 e. The van der Waals surface area contributed by atoms with E-state index in [1.54, 1.807) is 12.1 Å². The van der Waals surface area contributed by atoms with Gasteiger partial charge < -0.3 is 5.32 Å². The summed E-state index contributed by atoms with van der Waals surface area (Å²) in [6.07, 6.45) is 3.86. The average Bonchev–Trinajstić information content (AvgIpc) is 2.60. The summed E-state index contributed by atoms with van der Waals surface area (Å²) in [6.45, 7) is 4.38. The number of amides is 1. The lowest BCUT2D eigenvalue weighted by Gasteiger charge is -2.33. The predicted molar refractivity (Wildman–Crippen MR) is 102 cm³/mol. The molecule has 1 aromatic carbocycles. The molecule has 0 radical (unpaired) electrons. The van der Waals surface area contributed by atoms with Gasteiger partial charge in [-0.05, 0) is 56.1 Å². The van der Waals surface area contributed by atoms with Gasteiger partial charge in [0, 0.05) is 18.3 Å². The Hall–Kier alpha value is -1.62. The van der Waals surface area contributed by atoms with Crippen LogP contribution in [0.15, 0.2) is 36.4 Å². The van der Waals surface area contributed by atoms with Crippen LogP contribution in [-0.4, -0.2) is 28.4 Å². The number of piperidine rings is 1. The minimum atomic E-state index is -0.370. The van der Waals surface area contributed by atoms with Crippen molar-refractivity contribution in [2.75, 3.05) is 11.9 Å². The molecule has 0 aliphatic carbocycles. The quantitative estimate of drug-likeness (QED) is 0.761. The molecule has 0 spiro atoms. The first-order valence-electron chi connectivity index (χ1n) is 8.49. The van der Waals surface area contributed by atoms with E-state index in [2.05, 4.69) is 22.1 Å². The molecule has 2 aromatic rings. The van der Waals surface area contributed by atoms with Crippen molar-refractivity contribution in [1.82, 2.24) is 9.88 Å². The van der Waals surface area contributed by atoms with E-state index in [1.165, 1.54) is 24.8 Å². The molecule has 3 rings (SSSR count). The third-order valence-corrected chi connectivity index (χ3v) is 5.08. The number of aromatic nitrogens is 1. The van der Waals surface area contributed by atoms with Crippen LogP contribution in [0.2, 0.25) is 10.2 Å². The molecule has 0 saturated carbocycles. The van der Waals surface area contributed by atoms with Gasteiger partial charge in [-0.2, -0.15) is 0 Å². The molecule has 1 aliphatic heterocycles. The number of rotatable bonds is 4. The number of benzene rings is 1. The van der Waals surface area contributed by atoms with Crippen molar-refractivity contribution < 1.29 is 4.79 Å². The topological polar surface area (TPSA) is 45.2 Å². The molecule has 1 atom stereocenters. The lowest BCUT2D eigenvalue weighted by Crippen LogP contribution is -2.36. The maximum absolute atomic E-state index is 12.3. The Morgan fingerprint density at radius 2 is 1.96 bits per heavy atom. The zero-order chi connectivity index (χ0) is 17.8. The number of nitrogens with zero attached hydrogens (tertiary/aromatic N) is 2. The van der Waals surface area contributed by atoms with Gasteiger partial charge >= 0.3 is 0 Å². The Labute approximate surface area is 158 Å². The molecule has 25 heavy (non-hydrogen) atoms. The van der Waals surface area contributed by atoms with Crippen molar-refractivity contribution >= 4 is 34.8 Å². The van der Waals surface area contributed by atoms with Gasteiger partial charge in [-0.1, -0.05) is 41.8 Å². The molecule has 0 unspecified atom stereocenters. The summed E-state index contributed by atoms with van der Waals surface area (Å²) in [5.41, 5.74) is 2.07. The molecular weight excluding hydrogens is 357 g/mol. The molecule has 1 amide bonds. The summed E-state index contributed by atoms with van der Waals surface area (Å²) in [5, 5.41) is 3.32. The minimum absolute atomic E-state index is 0.125. The standard InChI is InChI=1S/C19H21Cl2N3O/c1-13-4-2-3-11-24(13)12-14-5-7-15(8-6-14)22-19(25)18-16(20)9-10-17(21)23-18/h5-10,13H,2-4,11-12H2,1H3,(H,22,25)/t13-/m0/s1. The molecule has 2 heterocycles. The van der Waals surface area contributed by atoms with Gasteiger partial charge in [0.2, 0.25) is 0 Å². The van der Waals surface area contributed by atoms with E-state index in [4.69, 9.17) is 23.2 Å². The van der Waals surface area contributed by atoms with E-state index >= 15 is 0 Å². The highest BCUT2D eigenvalue weighted by Gasteiger charge is 2.18. The third kappa shape index (κ3) is 4.72. The SMILES string of the molecule is C[C@H]1CCCCN1Cc1ccc(NC(=O)c2nc(Cl)ccc2Cl)cc1. The van der Waals surface area contributed by atoms with Crippen LogP contribution in [0.1, 0.15) is 42.2 Å². The number of hydrogen-bond acceptors (Lipinski definition) is 3. The summed E-state index contributed by atoms with van der Waals surface area (Å²) >= 11 is 11.9. The smallest absolute Gasteiger partial charge is 0.275 e. The van der Waals surface area contributed by atoms with E-state index in [1.807, 2.05) is 24.3 Å². The number of hydrogen-bond donors (Lipinski definition) is 1. The van der Waals surface area contributed by atoms with Gasteiger partial charge in [0.05, 0.1) is 5.02 Å². The van der Waals surface area contributed by atoms with Crippen LogP contribution >= 0.6 is 23.2 Å². The fourth-order valence-corrected chi connectivity index (χ4v) is 3.43. The Bertz CT molecular complexity index is 749. The lowest BCUT2D eigenvalue weighted by atomic mass is 10.0. The molecule has 6 heteroatoms. The largest absolute Gasteiger partial charge is 0.321 e. The fourth-order valence-electron chi connectivity index (χ4n) is 3.09. The highest BCUT2D eigenvalue weighted by atomic mass is 35.5. The first-order valence-corrected chi connectivity index (χ1v) is 9.25. The molecule has 0 bridgehead atoms. The number of carbonyl (C=O) groups excluding carboxylic acids is 1. The van der Waals surface area contributed by atoms with Crippen LogP contribution in [0.25, 0.3) is 0 Å². The van der Waals surface area contributed by atoms with Crippen LogP contribution in [-0.2, 0) is 6.54 Å². The van der Waals surface area contributed by atoms with Crippen molar-refractivity contribution in [2.24, 2.45) is 0 Å². The summed E-state index contributed by atoms with van der Waals surface area (Å²) in [6, 6.07) is 11.6. The van der Waals surface area contributed by atoms with E-state index < -0.39 is 0 Å². The molecule has 4 nitrogen and oxygen atoms in total. The molecule has 1 N–H and O–H groups in total. The van der Waals surface area contributed by atoms with Gasteiger partial charge in [-0.3, -0.25) is 9.69 Å². The number of carbonyl (C=O) groups is 1. The Morgan fingerprint density at radius 1 is 1.20 bits per heavy atom. The maximum atomic E-state index is 12.3. The Balaban J connectivity index is 1.64. The number of pyridine rings is 1. The zero-order valence-electron chi connectivity index (χ0n) is 14.1. The van der Waals surface area contributed by atoms with Crippen molar-refractivity contribution in [1.29, 1.82) is 0 Å². The molecular formula is C19H21Cl2N3O. The average molecular weight is 378 g/mol. The number of anilines is 1. The summed E-state index contributed by atoms with van der Waals surface area (Å²) in [7, 11) is 0. The van der Waals surface area contributed by atoms with Crippen LogP contribution in [0, 0.1) is 0 Å². The van der Waals surface area contributed by atoms with Crippen molar-refractivity contribution in [3.05, 3.63) is 57.8 Å². The first kappa shape index (κ1) is 18.2. The van der Waals surface area contributed by atoms with E-state index in [9.17, 15) is 4.79 Å². The van der Waals surface area contributed by atoms with Crippen LogP contribution in [0.4, 0.5) is 5.69 Å². The summed E-state index contributed by atoms with van der Waals surface area (Å²) < 4.78 is 0. The van der Waals surface area contributed by atoms with E-state index in [0.717, 1.165) is 13.1 Å². The van der Waals surface area contributed by atoms with E-state index in [0.29, 0.717) is 11.7 Å². The zero-order valence-corrected chi connectivity index (χ0v) is 15.6. The van der Waals surface area contributed by atoms with Crippen molar-refractivity contribution in [2.45, 2.75) is 38.8 Å². The van der Waals surface area contributed by atoms with Crippen molar-refractivity contribution in [3.8, 4) is 0 Å². The number of likely N-dealkylation sites (tertiary alicyclic amines) is 1. The number of halogens is 2. The highest BCUT2D eigenvalue weighted by molar-refractivity contribution is 6.35. The van der Waals surface area contributed by atoms with Crippen LogP contribution in [0.5, 0.6) is 0 Å². The van der Waals surface area contributed by atoms with Gasteiger partial charge in [-0.15, -0.1) is 0 Å². The lowest BCUT2D eigenvalue weighted by molar-refractivity contribution is 0.102. The van der Waals surface area contributed by atoms with Crippen LogP contribution < -0.4 is 5.32 Å². The number of nitrogens with one attached hydrogen (secondary N) is 1. The first-order chi connectivity index (χ1) is 12.0. The van der Waals surface area contributed by atoms with Crippen molar-refractivity contribution in [3.63, 3.8) is 0 Å². The van der Waals surface area contributed by atoms with Gasteiger partial charge in [0.15, 0.2) is 0 Å².